The average molecular weight is 279 g/mol. The van der Waals surface area contributed by atoms with Crippen molar-refractivity contribution in [1.82, 2.24) is 9.97 Å². The van der Waals surface area contributed by atoms with Gasteiger partial charge >= 0.3 is 0 Å². The van der Waals surface area contributed by atoms with Crippen LogP contribution in [0.15, 0.2) is 36.7 Å². The first-order valence-electron chi connectivity index (χ1n) is 5.36. The Hall–Kier alpha value is -2.14. The van der Waals surface area contributed by atoms with Gasteiger partial charge in [0.25, 0.3) is 0 Å². The summed E-state index contributed by atoms with van der Waals surface area (Å²) in [7, 11) is 0. The number of ketones is 2. The standard InChI is InChI=1S/C13H8ClFN2O2/c14-10-6-8(15)2-3-9(10)11(18)7-12(19)13-16-4-1-5-17-13/h1-6H,7H2. The lowest BCUT2D eigenvalue weighted by Gasteiger charge is -2.02. The summed E-state index contributed by atoms with van der Waals surface area (Å²) >= 11 is 5.75. The normalized spacial score (nSPS) is 10.2. The highest BCUT2D eigenvalue weighted by atomic mass is 35.5. The third kappa shape index (κ3) is 3.20. The second kappa shape index (κ2) is 5.67. The number of benzene rings is 1. The zero-order valence-corrected chi connectivity index (χ0v) is 10.4. The predicted molar refractivity (Wildman–Crippen MR) is 66.7 cm³/mol. The SMILES string of the molecule is O=C(CC(=O)c1ccc(F)cc1Cl)c1ncccn1. The fraction of sp³-hybridized carbons (Fsp3) is 0.0769. The summed E-state index contributed by atoms with van der Waals surface area (Å²) in [6.07, 6.45) is 2.42. The molecule has 19 heavy (non-hydrogen) atoms. The Labute approximate surface area is 113 Å². The van der Waals surface area contributed by atoms with Crippen LogP contribution in [-0.2, 0) is 0 Å². The molecule has 0 bridgehead atoms. The quantitative estimate of drug-likeness (QED) is 0.637. The third-order valence-corrected chi connectivity index (χ3v) is 2.68. The van der Waals surface area contributed by atoms with E-state index in [-0.39, 0.29) is 16.4 Å². The molecule has 2 rings (SSSR count). The fourth-order valence-electron chi connectivity index (χ4n) is 1.48. The van der Waals surface area contributed by atoms with Gasteiger partial charge in [0.2, 0.25) is 5.78 Å². The Morgan fingerprint density at radius 2 is 1.84 bits per heavy atom. The minimum atomic E-state index is -0.542. The van der Waals surface area contributed by atoms with Gasteiger partial charge in [-0.1, -0.05) is 11.6 Å². The van der Waals surface area contributed by atoms with Gasteiger partial charge in [-0.15, -0.1) is 0 Å². The molecule has 0 fully saturated rings. The molecular weight excluding hydrogens is 271 g/mol. The first kappa shape index (κ1) is 13.3. The molecule has 1 heterocycles. The Morgan fingerprint density at radius 3 is 2.47 bits per heavy atom. The van der Waals surface area contributed by atoms with Crippen LogP contribution in [0.3, 0.4) is 0 Å². The lowest BCUT2D eigenvalue weighted by atomic mass is 10.1. The van der Waals surface area contributed by atoms with Gasteiger partial charge in [0.05, 0.1) is 11.4 Å². The van der Waals surface area contributed by atoms with E-state index in [0.29, 0.717) is 0 Å². The summed E-state index contributed by atoms with van der Waals surface area (Å²) < 4.78 is 12.9. The molecule has 0 unspecified atom stereocenters. The lowest BCUT2D eigenvalue weighted by Crippen LogP contribution is -2.12. The van der Waals surface area contributed by atoms with Gasteiger partial charge in [-0.2, -0.15) is 0 Å². The number of halogens is 2. The first-order chi connectivity index (χ1) is 9.08. The first-order valence-corrected chi connectivity index (χ1v) is 5.74. The Morgan fingerprint density at radius 1 is 1.16 bits per heavy atom. The highest BCUT2D eigenvalue weighted by molar-refractivity contribution is 6.34. The molecular formula is C13H8ClFN2O2. The van der Waals surface area contributed by atoms with E-state index in [9.17, 15) is 14.0 Å². The largest absolute Gasteiger partial charge is 0.294 e. The van der Waals surface area contributed by atoms with Crippen molar-refractivity contribution in [2.75, 3.05) is 0 Å². The van der Waals surface area contributed by atoms with E-state index in [4.69, 9.17) is 11.6 Å². The highest BCUT2D eigenvalue weighted by Gasteiger charge is 2.17. The number of carbonyl (C=O) groups excluding carboxylic acids is 2. The van der Waals surface area contributed by atoms with Crippen molar-refractivity contribution < 1.29 is 14.0 Å². The van der Waals surface area contributed by atoms with Crippen LogP contribution in [0.5, 0.6) is 0 Å². The lowest BCUT2D eigenvalue weighted by molar-refractivity contribution is 0.0888. The maximum absolute atomic E-state index is 12.9. The van der Waals surface area contributed by atoms with Crippen LogP contribution in [0.2, 0.25) is 5.02 Å². The van der Waals surface area contributed by atoms with Crippen molar-refractivity contribution in [2.24, 2.45) is 0 Å². The van der Waals surface area contributed by atoms with Crippen molar-refractivity contribution >= 4 is 23.2 Å². The summed E-state index contributed by atoms with van der Waals surface area (Å²) in [6, 6.07) is 4.95. The summed E-state index contributed by atoms with van der Waals surface area (Å²) in [5.41, 5.74) is 0.104. The molecule has 0 saturated heterocycles. The number of aromatic nitrogens is 2. The maximum Gasteiger partial charge on any atom is 0.207 e. The fourth-order valence-corrected chi connectivity index (χ4v) is 1.75. The van der Waals surface area contributed by atoms with E-state index < -0.39 is 23.8 Å². The van der Waals surface area contributed by atoms with Gasteiger partial charge in [0, 0.05) is 18.0 Å². The molecule has 0 amide bonds. The van der Waals surface area contributed by atoms with Gasteiger partial charge in [0.1, 0.15) is 5.82 Å². The molecule has 0 aliphatic carbocycles. The molecule has 2 aromatic rings. The van der Waals surface area contributed by atoms with Gasteiger partial charge in [-0.25, -0.2) is 14.4 Å². The number of hydrogen-bond acceptors (Lipinski definition) is 4. The van der Waals surface area contributed by atoms with E-state index in [2.05, 4.69) is 9.97 Å². The van der Waals surface area contributed by atoms with Crippen LogP contribution >= 0.6 is 11.6 Å². The molecule has 0 spiro atoms. The Kier molecular flexibility index (Phi) is 3.97. The van der Waals surface area contributed by atoms with Crippen molar-refractivity contribution in [3.05, 3.63) is 58.9 Å². The van der Waals surface area contributed by atoms with E-state index >= 15 is 0 Å². The zero-order chi connectivity index (χ0) is 13.8. The summed E-state index contributed by atoms with van der Waals surface area (Å²) in [5, 5.41) is -0.0215. The monoisotopic (exact) mass is 278 g/mol. The molecule has 0 atom stereocenters. The van der Waals surface area contributed by atoms with Crippen LogP contribution in [0.25, 0.3) is 0 Å². The number of nitrogens with zero attached hydrogens (tertiary/aromatic N) is 2. The second-order valence-electron chi connectivity index (χ2n) is 3.72. The molecule has 96 valence electrons. The molecule has 0 saturated carbocycles. The maximum atomic E-state index is 12.9. The molecule has 0 aliphatic heterocycles. The predicted octanol–water partition coefficient (Wildman–Crippen LogP) is 2.72. The zero-order valence-electron chi connectivity index (χ0n) is 9.64. The summed E-state index contributed by atoms with van der Waals surface area (Å²) in [4.78, 5) is 31.1. The van der Waals surface area contributed by atoms with E-state index in [1.165, 1.54) is 18.5 Å². The minimum absolute atomic E-state index is 0.0215. The van der Waals surface area contributed by atoms with Crippen LogP contribution in [0.1, 0.15) is 27.4 Å². The van der Waals surface area contributed by atoms with Crippen molar-refractivity contribution in [1.29, 1.82) is 0 Å². The molecule has 4 nitrogen and oxygen atoms in total. The topological polar surface area (TPSA) is 59.9 Å². The van der Waals surface area contributed by atoms with Crippen LogP contribution in [0, 0.1) is 5.82 Å². The summed E-state index contributed by atoms with van der Waals surface area (Å²) in [6.45, 7) is 0. The van der Waals surface area contributed by atoms with Crippen molar-refractivity contribution in [3.8, 4) is 0 Å². The number of rotatable bonds is 4. The van der Waals surface area contributed by atoms with Crippen LogP contribution < -0.4 is 0 Å². The van der Waals surface area contributed by atoms with Gasteiger partial charge < -0.3 is 0 Å². The Balaban J connectivity index is 2.15. The second-order valence-corrected chi connectivity index (χ2v) is 4.13. The van der Waals surface area contributed by atoms with E-state index in [1.54, 1.807) is 6.07 Å². The highest BCUT2D eigenvalue weighted by Crippen LogP contribution is 2.19. The van der Waals surface area contributed by atoms with Gasteiger partial charge in [-0.3, -0.25) is 9.59 Å². The smallest absolute Gasteiger partial charge is 0.207 e. The molecule has 6 heteroatoms. The number of Topliss-reactive ketones (excluding diaryl/α,β-unsaturated/α-hetero) is 2. The Bertz CT molecular complexity index is 632. The molecule has 1 aromatic carbocycles. The van der Waals surface area contributed by atoms with E-state index in [0.717, 1.165) is 12.1 Å². The third-order valence-electron chi connectivity index (χ3n) is 2.37. The van der Waals surface area contributed by atoms with E-state index in [1.807, 2.05) is 0 Å². The van der Waals surface area contributed by atoms with Gasteiger partial charge in [0.15, 0.2) is 11.6 Å². The average Bonchev–Trinajstić information content (AvgIpc) is 2.39. The number of carbonyl (C=O) groups is 2. The van der Waals surface area contributed by atoms with Gasteiger partial charge in [-0.05, 0) is 24.3 Å². The van der Waals surface area contributed by atoms with Crippen molar-refractivity contribution in [3.63, 3.8) is 0 Å². The molecule has 0 aliphatic rings. The molecule has 0 radical (unpaired) electrons. The van der Waals surface area contributed by atoms with Crippen LogP contribution in [0.4, 0.5) is 4.39 Å². The van der Waals surface area contributed by atoms with Crippen LogP contribution in [-0.4, -0.2) is 21.5 Å². The van der Waals surface area contributed by atoms with Crippen molar-refractivity contribution in [2.45, 2.75) is 6.42 Å². The molecule has 1 aromatic heterocycles. The minimum Gasteiger partial charge on any atom is -0.294 e. The number of hydrogen-bond donors (Lipinski definition) is 0. The summed E-state index contributed by atoms with van der Waals surface area (Å²) in [5.74, 6) is -1.58. The molecule has 0 N–H and O–H groups in total.